The Kier molecular flexibility index (Phi) is 5.00. The molecule has 0 aliphatic carbocycles. The van der Waals surface area contributed by atoms with Gasteiger partial charge in [-0.15, -0.1) is 23.1 Å². The topological polar surface area (TPSA) is 30.7 Å². The first-order chi connectivity index (χ1) is 14.0. The number of thioether (sulfide) groups is 1. The van der Waals surface area contributed by atoms with E-state index in [1.54, 1.807) is 11.6 Å². The predicted molar refractivity (Wildman–Crippen MR) is 106 cm³/mol. The molecule has 0 fully saturated rings. The number of hydrogen-bond acceptors (Lipinski definition) is 4. The van der Waals surface area contributed by atoms with Gasteiger partial charge >= 0.3 is 12.4 Å². The van der Waals surface area contributed by atoms with Crippen LogP contribution in [0.15, 0.2) is 35.4 Å². The van der Waals surface area contributed by atoms with Crippen LogP contribution in [0.3, 0.4) is 0 Å². The van der Waals surface area contributed by atoms with Crippen LogP contribution >= 0.6 is 23.1 Å². The second kappa shape index (κ2) is 7.16. The Balaban J connectivity index is 1.94. The Hall–Kier alpha value is -2.27. The van der Waals surface area contributed by atoms with Crippen LogP contribution in [0.25, 0.3) is 32.0 Å². The summed E-state index contributed by atoms with van der Waals surface area (Å²) in [6.07, 6.45) is -8.27. The SMILES string of the molecule is CCSc1c(-c2nc3cc(C(F)(F)F)cnc3n2C)sc2cc(C(F)(F)F)ccc12. The van der Waals surface area contributed by atoms with Crippen molar-refractivity contribution in [2.45, 2.75) is 24.2 Å². The quantitative estimate of drug-likeness (QED) is 0.243. The fraction of sp³-hybridized carbons (Fsp3) is 0.263. The fourth-order valence-electron chi connectivity index (χ4n) is 3.12. The molecule has 30 heavy (non-hydrogen) atoms. The number of aromatic nitrogens is 3. The maximum Gasteiger partial charge on any atom is 0.417 e. The molecule has 0 aliphatic rings. The van der Waals surface area contributed by atoms with E-state index >= 15 is 0 Å². The second-order valence-corrected chi connectivity index (χ2v) is 8.79. The monoisotopic (exact) mass is 461 g/mol. The van der Waals surface area contributed by atoms with Gasteiger partial charge in [-0.2, -0.15) is 26.3 Å². The van der Waals surface area contributed by atoms with Crippen molar-refractivity contribution >= 4 is 44.3 Å². The van der Waals surface area contributed by atoms with E-state index in [0.717, 1.165) is 40.6 Å². The van der Waals surface area contributed by atoms with Crippen LogP contribution in [0.1, 0.15) is 18.1 Å². The summed E-state index contributed by atoms with van der Waals surface area (Å²) in [5.41, 5.74) is -1.33. The zero-order valence-electron chi connectivity index (χ0n) is 15.5. The minimum atomic E-state index is -4.55. The third-order valence-electron chi connectivity index (χ3n) is 4.50. The molecule has 4 aromatic rings. The lowest BCUT2D eigenvalue weighted by Gasteiger charge is -2.06. The van der Waals surface area contributed by atoms with Crippen LogP contribution in [0.5, 0.6) is 0 Å². The van der Waals surface area contributed by atoms with Crippen molar-refractivity contribution in [3.63, 3.8) is 0 Å². The van der Waals surface area contributed by atoms with Crippen molar-refractivity contribution in [1.82, 2.24) is 14.5 Å². The van der Waals surface area contributed by atoms with Crippen molar-refractivity contribution in [2.24, 2.45) is 7.05 Å². The minimum Gasteiger partial charge on any atom is -0.311 e. The molecule has 0 radical (unpaired) electrons. The molecule has 0 aliphatic heterocycles. The average molecular weight is 461 g/mol. The molecule has 3 aromatic heterocycles. The van der Waals surface area contributed by atoms with Gasteiger partial charge in [-0.25, -0.2) is 9.97 Å². The van der Waals surface area contributed by atoms with E-state index in [9.17, 15) is 26.3 Å². The van der Waals surface area contributed by atoms with Crippen molar-refractivity contribution in [2.75, 3.05) is 5.75 Å². The second-order valence-electron chi connectivity index (χ2n) is 6.46. The van der Waals surface area contributed by atoms with E-state index in [-0.39, 0.29) is 11.2 Å². The van der Waals surface area contributed by atoms with Crippen molar-refractivity contribution in [1.29, 1.82) is 0 Å². The number of pyridine rings is 1. The van der Waals surface area contributed by atoms with Gasteiger partial charge in [-0.3, -0.25) is 0 Å². The maximum atomic E-state index is 13.1. The molecule has 0 spiro atoms. The fourth-order valence-corrected chi connectivity index (χ4v) is 5.49. The van der Waals surface area contributed by atoms with Gasteiger partial charge in [0.25, 0.3) is 0 Å². The summed E-state index contributed by atoms with van der Waals surface area (Å²) in [6, 6.07) is 4.48. The molecule has 3 heterocycles. The molecular formula is C19H13F6N3S2. The number of rotatable bonds is 3. The number of halogens is 6. The van der Waals surface area contributed by atoms with E-state index < -0.39 is 23.5 Å². The summed E-state index contributed by atoms with van der Waals surface area (Å²) in [5.74, 6) is 1.03. The lowest BCUT2D eigenvalue weighted by molar-refractivity contribution is -0.138. The van der Waals surface area contributed by atoms with Crippen LogP contribution in [0, 0.1) is 0 Å². The van der Waals surface area contributed by atoms with E-state index in [1.807, 2.05) is 6.92 Å². The molecule has 1 aromatic carbocycles. The molecule has 0 bridgehead atoms. The van der Waals surface area contributed by atoms with Gasteiger partial charge in [0.1, 0.15) is 5.52 Å². The van der Waals surface area contributed by atoms with E-state index in [4.69, 9.17) is 0 Å². The van der Waals surface area contributed by atoms with Gasteiger partial charge in [0.15, 0.2) is 11.5 Å². The predicted octanol–water partition coefficient (Wildman–Crippen LogP) is 7.00. The largest absolute Gasteiger partial charge is 0.417 e. The highest BCUT2D eigenvalue weighted by molar-refractivity contribution is 7.99. The summed E-state index contributed by atoms with van der Waals surface area (Å²) >= 11 is 2.58. The average Bonchev–Trinajstić information content (AvgIpc) is 3.18. The third-order valence-corrected chi connectivity index (χ3v) is 6.78. The molecule has 0 saturated heterocycles. The Labute approximate surface area is 174 Å². The van der Waals surface area contributed by atoms with Gasteiger partial charge in [0, 0.05) is 28.2 Å². The standard InChI is InChI=1S/C19H13F6N3S2/c1-3-29-14-11-5-4-9(18(20,21)22)7-13(11)30-15(14)17-27-12-6-10(19(23,24)25)8-26-16(12)28(17)2/h4-8H,3H2,1-2H3. The highest BCUT2D eigenvalue weighted by Gasteiger charge is 2.33. The number of hydrogen-bond donors (Lipinski definition) is 0. The number of thiophene rings is 1. The first-order valence-electron chi connectivity index (χ1n) is 8.67. The number of alkyl halides is 6. The zero-order valence-corrected chi connectivity index (χ0v) is 17.2. The molecular weight excluding hydrogens is 448 g/mol. The zero-order chi connectivity index (χ0) is 21.8. The lowest BCUT2D eigenvalue weighted by Crippen LogP contribution is -2.05. The molecule has 4 rings (SSSR count). The number of nitrogens with zero attached hydrogens (tertiary/aromatic N) is 3. The number of fused-ring (bicyclic) bond motifs is 2. The molecule has 0 amide bonds. The maximum absolute atomic E-state index is 13.1. The summed E-state index contributed by atoms with van der Waals surface area (Å²) < 4.78 is 80.4. The molecule has 158 valence electrons. The summed E-state index contributed by atoms with van der Waals surface area (Å²) in [6.45, 7) is 1.91. The van der Waals surface area contributed by atoms with Gasteiger partial charge in [-0.1, -0.05) is 13.0 Å². The number of aryl methyl sites for hydroxylation is 1. The highest BCUT2D eigenvalue weighted by atomic mass is 32.2. The van der Waals surface area contributed by atoms with Crippen LogP contribution in [0.4, 0.5) is 26.3 Å². The smallest absolute Gasteiger partial charge is 0.311 e. The normalized spacial score (nSPS) is 12.9. The lowest BCUT2D eigenvalue weighted by atomic mass is 10.1. The minimum absolute atomic E-state index is 0.0724. The molecule has 0 N–H and O–H groups in total. The van der Waals surface area contributed by atoms with E-state index in [0.29, 0.717) is 26.5 Å². The highest BCUT2D eigenvalue weighted by Crippen LogP contribution is 2.46. The van der Waals surface area contributed by atoms with E-state index in [2.05, 4.69) is 9.97 Å². The summed E-state index contributed by atoms with van der Waals surface area (Å²) in [4.78, 5) is 9.59. The molecule has 11 heteroatoms. The number of benzene rings is 1. The first-order valence-corrected chi connectivity index (χ1v) is 10.5. The number of imidazole rings is 1. The van der Waals surface area contributed by atoms with Crippen molar-refractivity contribution in [3.8, 4) is 10.7 Å². The van der Waals surface area contributed by atoms with Gasteiger partial charge in [-0.05, 0) is 24.0 Å². The third kappa shape index (κ3) is 3.53. The molecule has 0 saturated carbocycles. The van der Waals surface area contributed by atoms with Gasteiger partial charge in [0.2, 0.25) is 0 Å². The first kappa shape index (κ1) is 21.0. The van der Waals surface area contributed by atoms with Gasteiger partial charge < -0.3 is 4.57 Å². The molecule has 0 atom stereocenters. The Morgan fingerprint density at radius 3 is 2.37 bits per heavy atom. The van der Waals surface area contributed by atoms with Crippen LogP contribution in [0.2, 0.25) is 0 Å². The van der Waals surface area contributed by atoms with Crippen molar-refractivity contribution in [3.05, 3.63) is 41.6 Å². The molecule has 3 nitrogen and oxygen atoms in total. The summed E-state index contributed by atoms with van der Waals surface area (Å²) in [7, 11) is 1.62. The Morgan fingerprint density at radius 2 is 1.73 bits per heavy atom. The Bertz CT molecular complexity index is 1250. The molecule has 0 unspecified atom stereocenters. The van der Waals surface area contributed by atoms with Crippen LogP contribution in [-0.2, 0) is 19.4 Å². The summed E-state index contributed by atoms with van der Waals surface area (Å²) in [5, 5.41) is 0.658. The van der Waals surface area contributed by atoms with Crippen LogP contribution in [-0.4, -0.2) is 20.3 Å². The van der Waals surface area contributed by atoms with Crippen LogP contribution < -0.4 is 0 Å². The van der Waals surface area contributed by atoms with Crippen molar-refractivity contribution < 1.29 is 26.3 Å². The van der Waals surface area contributed by atoms with Gasteiger partial charge in [0.05, 0.1) is 16.0 Å². The van der Waals surface area contributed by atoms with E-state index in [1.165, 1.54) is 17.8 Å². The Morgan fingerprint density at radius 1 is 1.03 bits per heavy atom.